The summed E-state index contributed by atoms with van der Waals surface area (Å²) in [5.41, 5.74) is 2.94. The fourth-order valence-electron chi connectivity index (χ4n) is 1.30. The summed E-state index contributed by atoms with van der Waals surface area (Å²) in [6, 6.07) is 0. The van der Waals surface area contributed by atoms with Crippen LogP contribution in [0.2, 0.25) is 0 Å². The SMILES string of the molecule is CC1=NCC(=O)C1.CC1=NN=NC1.CC1=NOC(=S)C1. The monoisotopic (exact) mass is 295 g/mol. The van der Waals surface area contributed by atoms with Gasteiger partial charge in [-0.25, -0.2) is 0 Å². The summed E-state index contributed by atoms with van der Waals surface area (Å²) < 4.78 is 0. The van der Waals surface area contributed by atoms with E-state index >= 15 is 0 Å². The second-order valence-electron chi connectivity index (χ2n) is 4.46. The van der Waals surface area contributed by atoms with Gasteiger partial charge in [-0.15, -0.1) is 5.10 Å². The van der Waals surface area contributed by atoms with Crippen molar-refractivity contribution in [1.29, 1.82) is 0 Å². The fraction of sp³-hybridized carbons (Fsp3) is 0.583. The molecular weight excluding hydrogens is 278 g/mol. The van der Waals surface area contributed by atoms with Gasteiger partial charge in [-0.05, 0) is 38.2 Å². The molecular formula is C12H17N5O2S. The van der Waals surface area contributed by atoms with E-state index in [2.05, 4.69) is 42.6 Å². The molecule has 108 valence electrons. The highest BCUT2D eigenvalue weighted by Gasteiger charge is 2.08. The highest BCUT2D eigenvalue weighted by molar-refractivity contribution is 7.80. The minimum Gasteiger partial charge on any atom is -0.349 e. The van der Waals surface area contributed by atoms with Crippen LogP contribution in [0.3, 0.4) is 0 Å². The average Bonchev–Trinajstić information content (AvgIpc) is 3.07. The van der Waals surface area contributed by atoms with E-state index in [1.54, 1.807) is 0 Å². The van der Waals surface area contributed by atoms with Crippen molar-refractivity contribution < 1.29 is 9.63 Å². The molecule has 3 rings (SSSR count). The fourth-order valence-corrected chi connectivity index (χ4v) is 1.54. The topological polar surface area (TPSA) is 88.1 Å². The summed E-state index contributed by atoms with van der Waals surface area (Å²) in [6.07, 6.45) is 1.31. The third-order valence-electron chi connectivity index (χ3n) is 2.26. The Kier molecular flexibility index (Phi) is 6.78. The predicted molar refractivity (Wildman–Crippen MR) is 81.8 cm³/mol. The van der Waals surface area contributed by atoms with Crippen LogP contribution in [0, 0.1) is 0 Å². The molecule has 0 spiro atoms. The van der Waals surface area contributed by atoms with Gasteiger partial charge >= 0.3 is 0 Å². The van der Waals surface area contributed by atoms with Crippen LogP contribution in [-0.2, 0) is 9.63 Å². The first-order valence-corrected chi connectivity index (χ1v) is 6.53. The molecule has 3 heterocycles. The molecule has 0 N–H and O–H groups in total. The first-order valence-electron chi connectivity index (χ1n) is 6.12. The lowest BCUT2D eigenvalue weighted by Crippen LogP contribution is -1.94. The van der Waals surface area contributed by atoms with Crippen LogP contribution in [0.5, 0.6) is 0 Å². The Morgan fingerprint density at radius 3 is 1.95 bits per heavy atom. The Balaban J connectivity index is 0.000000151. The molecule has 3 aliphatic heterocycles. The van der Waals surface area contributed by atoms with Crippen molar-refractivity contribution in [3.8, 4) is 0 Å². The summed E-state index contributed by atoms with van der Waals surface area (Å²) in [5.74, 6) is 0.248. The zero-order chi connectivity index (χ0) is 15.0. The van der Waals surface area contributed by atoms with Gasteiger partial charge in [0.1, 0.15) is 6.54 Å². The molecule has 0 unspecified atom stereocenters. The van der Waals surface area contributed by atoms with Crippen molar-refractivity contribution in [3.63, 3.8) is 0 Å². The number of nitrogens with zero attached hydrogens (tertiary/aromatic N) is 5. The van der Waals surface area contributed by atoms with E-state index in [0.29, 0.717) is 24.6 Å². The van der Waals surface area contributed by atoms with Gasteiger partial charge in [-0.3, -0.25) is 9.79 Å². The van der Waals surface area contributed by atoms with Crippen molar-refractivity contribution in [2.75, 3.05) is 13.1 Å². The standard InChI is InChI=1S/C5H7NO.C4H5NOS.C3H5N3/c1-4-2-5(7)3-6-4;1-3-2-4(7)6-5-3;1-3-2-4-6-5-3/h2-3H2,1H3;2H2,1H3;2H2,1H3. The zero-order valence-electron chi connectivity index (χ0n) is 11.8. The van der Waals surface area contributed by atoms with Gasteiger partial charge in [0.15, 0.2) is 5.78 Å². The number of carbonyl (C=O) groups excluding carboxylic acids is 1. The van der Waals surface area contributed by atoms with Crippen molar-refractivity contribution in [3.05, 3.63) is 0 Å². The number of hydrogen-bond acceptors (Lipinski definition) is 8. The molecule has 0 aromatic rings. The van der Waals surface area contributed by atoms with Crippen LogP contribution in [0.25, 0.3) is 0 Å². The van der Waals surface area contributed by atoms with Gasteiger partial charge < -0.3 is 4.84 Å². The maximum Gasteiger partial charge on any atom is 0.203 e. The van der Waals surface area contributed by atoms with Crippen molar-refractivity contribution in [2.45, 2.75) is 33.6 Å². The Bertz CT molecular complexity index is 476. The van der Waals surface area contributed by atoms with Gasteiger partial charge in [0.25, 0.3) is 0 Å². The molecule has 0 saturated heterocycles. The third kappa shape index (κ3) is 6.93. The van der Waals surface area contributed by atoms with Crippen LogP contribution >= 0.6 is 12.2 Å². The molecule has 0 aliphatic carbocycles. The number of rotatable bonds is 0. The molecule has 8 heteroatoms. The molecule has 0 bridgehead atoms. The summed E-state index contributed by atoms with van der Waals surface area (Å²) in [4.78, 5) is 18.8. The normalized spacial score (nSPS) is 19.2. The largest absolute Gasteiger partial charge is 0.349 e. The van der Waals surface area contributed by atoms with Crippen molar-refractivity contribution in [1.82, 2.24) is 0 Å². The van der Waals surface area contributed by atoms with Gasteiger partial charge in [0.05, 0.1) is 24.4 Å². The highest BCUT2D eigenvalue weighted by Crippen LogP contribution is 2.02. The van der Waals surface area contributed by atoms with E-state index in [1.807, 2.05) is 20.8 Å². The summed E-state index contributed by atoms with van der Waals surface area (Å²) in [7, 11) is 0. The van der Waals surface area contributed by atoms with E-state index in [-0.39, 0.29) is 5.78 Å². The predicted octanol–water partition coefficient (Wildman–Crippen LogP) is 2.36. The Morgan fingerprint density at radius 1 is 1.05 bits per heavy atom. The summed E-state index contributed by atoms with van der Waals surface area (Å²) >= 11 is 4.66. The number of aliphatic imine (C=N–C) groups is 1. The molecule has 0 saturated carbocycles. The molecule has 7 nitrogen and oxygen atoms in total. The number of hydrogen-bond donors (Lipinski definition) is 0. The molecule has 0 atom stereocenters. The summed E-state index contributed by atoms with van der Waals surface area (Å²) in [5, 5.41) is 14.7. The highest BCUT2D eigenvalue weighted by atomic mass is 32.1. The molecule has 0 aromatic carbocycles. The van der Waals surface area contributed by atoms with E-state index in [0.717, 1.165) is 23.6 Å². The molecule has 3 aliphatic rings. The van der Waals surface area contributed by atoms with Crippen LogP contribution in [-0.4, -0.2) is 41.1 Å². The lowest BCUT2D eigenvalue weighted by molar-refractivity contribution is -0.116. The van der Waals surface area contributed by atoms with E-state index in [1.165, 1.54) is 0 Å². The van der Waals surface area contributed by atoms with E-state index in [4.69, 9.17) is 0 Å². The minimum absolute atomic E-state index is 0.248. The van der Waals surface area contributed by atoms with Crippen LogP contribution in [0.15, 0.2) is 25.6 Å². The number of carbonyl (C=O) groups is 1. The maximum atomic E-state index is 10.3. The number of ketones is 1. The second kappa shape index (κ2) is 8.36. The molecule has 0 radical (unpaired) electrons. The maximum absolute atomic E-state index is 10.3. The van der Waals surface area contributed by atoms with Crippen LogP contribution < -0.4 is 0 Å². The quantitative estimate of drug-likeness (QED) is 0.642. The number of Topliss-reactive ketones (excluding diaryl/α,β-unsaturated/α-hetero) is 1. The number of thiocarbonyl (C=S) groups is 1. The smallest absolute Gasteiger partial charge is 0.203 e. The Hall–Kier alpha value is -1.83. The Labute approximate surface area is 122 Å². The third-order valence-corrected chi connectivity index (χ3v) is 2.48. The average molecular weight is 295 g/mol. The lowest BCUT2D eigenvalue weighted by Gasteiger charge is -1.79. The second-order valence-corrected chi connectivity index (χ2v) is 4.91. The number of oxime groups is 1. The van der Waals surface area contributed by atoms with Crippen molar-refractivity contribution in [2.24, 2.45) is 25.6 Å². The summed E-state index contributed by atoms with van der Waals surface area (Å²) in [6.45, 7) is 6.79. The van der Waals surface area contributed by atoms with Gasteiger partial charge in [0, 0.05) is 12.1 Å². The first kappa shape index (κ1) is 16.2. The van der Waals surface area contributed by atoms with Crippen LogP contribution in [0.1, 0.15) is 33.6 Å². The Morgan fingerprint density at radius 2 is 1.80 bits per heavy atom. The van der Waals surface area contributed by atoms with Gasteiger partial charge in [0.2, 0.25) is 5.05 Å². The lowest BCUT2D eigenvalue weighted by atomic mass is 10.3. The van der Waals surface area contributed by atoms with Gasteiger partial charge in [-0.2, -0.15) is 5.11 Å². The zero-order valence-corrected chi connectivity index (χ0v) is 12.6. The van der Waals surface area contributed by atoms with Gasteiger partial charge in [-0.1, -0.05) is 5.16 Å². The van der Waals surface area contributed by atoms with E-state index < -0.39 is 0 Å². The van der Waals surface area contributed by atoms with Crippen molar-refractivity contribution >= 4 is 40.2 Å². The van der Waals surface area contributed by atoms with Crippen LogP contribution in [0.4, 0.5) is 0 Å². The first-order chi connectivity index (χ1) is 9.47. The molecule has 0 amide bonds. The molecule has 0 fully saturated rings. The molecule has 20 heavy (non-hydrogen) atoms. The molecule has 0 aromatic heterocycles. The van der Waals surface area contributed by atoms with E-state index in [9.17, 15) is 4.79 Å². The minimum atomic E-state index is 0.248.